The van der Waals surface area contributed by atoms with Crippen LogP contribution in [0.15, 0.2) is 0 Å². The van der Waals surface area contributed by atoms with Crippen LogP contribution in [0.25, 0.3) is 0 Å². The topological polar surface area (TPSA) is 46.3 Å². The molecule has 1 rings (SSSR count). The van der Waals surface area contributed by atoms with Crippen LogP contribution in [0.3, 0.4) is 0 Å². The normalized spacial score (nSPS) is 25.2. The van der Waals surface area contributed by atoms with Crippen LogP contribution in [-0.4, -0.2) is 29.4 Å². The van der Waals surface area contributed by atoms with E-state index in [2.05, 4.69) is 6.92 Å². The highest BCUT2D eigenvalue weighted by Crippen LogP contribution is 2.19. The van der Waals surface area contributed by atoms with E-state index in [1.165, 1.54) is 12.8 Å². The van der Waals surface area contributed by atoms with Gasteiger partial charge < -0.3 is 10.6 Å². The van der Waals surface area contributed by atoms with E-state index >= 15 is 0 Å². The number of hydrogen-bond acceptors (Lipinski definition) is 2. The summed E-state index contributed by atoms with van der Waals surface area (Å²) in [5, 5.41) is 0. The molecule has 1 amide bonds. The third kappa shape index (κ3) is 3.95. The Morgan fingerprint density at radius 1 is 1.31 bits per heavy atom. The van der Waals surface area contributed by atoms with Gasteiger partial charge in [0.05, 0.1) is 5.92 Å². The first-order valence-electron chi connectivity index (χ1n) is 6.10. The first kappa shape index (κ1) is 15.7. The number of carbonyl (C=O) groups excluding carboxylic acids is 1. The zero-order valence-corrected chi connectivity index (χ0v) is 11.4. The Labute approximate surface area is 105 Å². The zero-order valence-electron chi connectivity index (χ0n) is 10.6. The monoisotopic (exact) mass is 248 g/mol. The van der Waals surface area contributed by atoms with Gasteiger partial charge in [-0.15, -0.1) is 12.4 Å². The lowest BCUT2D eigenvalue weighted by Crippen LogP contribution is -2.45. The van der Waals surface area contributed by atoms with Gasteiger partial charge in [-0.05, 0) is 26.7 Å². The molecule has 96 valence electrons. The van der Waals surface area contributed by atoms with E-state index in [4.69, 9.17) is 5.73 Å². The number of nitrogens with two attached hydrogens (primary N) is 1. The van der Waals surface area contributed by atoms with Crippen LogP contribution in [0.1, 0.15) is 46.5 Å². The summed E-state index contributed by atoms with van der Waals surface area (Å²) in [6, 6.07) is 0.342. The molecule has 0 bridgehead atoms. The van der Waals surface area contributed by atoms with Crippen molar-refractivity contribution in [3.8, 4) is 0 Å². The molecule has 0 aromatic carbocycles. The van der Waals surface area contributed by atoms with Gasteiger partial charge in [0.15, 0.2) is 0 Å². The fourth-order valence-electron chi connectivity index (χ4n) is 2.09. The van der Waals surface area contributed by atoms with Crippen LogP contribution in [0.4, 0.5) is 0 Å². The Kier molecular flexibility index (Phi) is 7.00. The second-order valence-electron chi connectivity index (χ2n) is 4.88. The molecule has 1 heterocycles. The Bertz CT molecular complexity index is 221. The van der Waals surface area contributed by atoms with E-state index in [-0.39, 0.29) is 30.3 Å². The SMILES string of the molecule is CC(N)C(C)C(=O)N1CCCCCC1C.Cl. The second-order valence-corrected chi connectivity index (χ2v) is 4.88. The van der Waals surface area contributed by atoms with Crippen LogP contribution >= 0.6 is 12.4 Å². The molecule has 3 atom stereocenters. The van der Waals surface area contributed by atoms with Gasteiger partial charge in [0.25, 0.3) is 0 Å². The summed E-state index contributed by atoms with van der Waals surface area (Å²) in [7, 11) is 0. The third-order valence-electron chi connectivity index (χ3n) is 3.51. The van der Waals surface area contributed by atoms with Crippen LogP contribution < -0.4 is 5.73 Å². The van der Waals surface area contributed by atoms with E-state index in [0.29, 0.717) is 6.04 Å². The molecule has 3 unspecified atom stereocenters. The molecule has 0 radical (unpaired) electrons. The number of likely N-dealkylation sites (tertiary alicyclic amines) is 1. The molecule has 1 saturated heterocycles. The first-order chi connectivity index (χ1) is 7.04. The second kappa shape index (κ2) is 7.13. The van der Waals surface area contributed by atoms with Crippen molar-refractivity contribution >= 4 is 18.3 Å². The van der Waals surface area contributed by atoms with Crippen molar-refractivity contribution in [3.63, 3.8) is 0 Å². The molecule has 16 heavy (non-hydrogen) atoms. The minimum Gasteiger partial charge on any atom is -0.340 e. The summed E-state index contributed by atoms with van der Waals surface area (Å²) in [6.45, 7) is 6.91. The van der Waals surface area contributed by atoms with Crippen molar-refractivity contribution in [2.45, 2.75) is 58.5 Å². The molecule has 3 nitrogen and oxygen atoms in total. The van der Waals surface area contributed by atoms with Crippen molar-refractivity contribution in [2.24, 2.45) is 11.7 Å². The summed E-state index contributed by atoms with van der Waals surface area (Å²) in [6.07, 6.45) is 4.78. The van der Waals surface area contributed by atoms with Gasteiger partial charge in [0.2, 0.25) is 5.91 Å². The van der Waals surface area contributed by atoms with Crippen LogP contribution in [0, 0.1) is 5.92 Å². The third-order valence-corrected chi connectivity index (χ3v) is 3.51. The van der Waals surface area contributed by atoms with E-state index in [1.807, 2.05) is 18.7 Å². The van der Waals surface area contributed by atoms with Gasteiger partial charge >= 0.3 is 0 Å². The molecule has 0 aliphatic carbocycles. The lowest BCUT2D eigenvalue weighted by atomic mass is 10.0. The standard InChI is InChI=1S/C12H24N2O.ClH/c1-9-7-5-4-6-8-14(9)12(15)10(2)11(3)13;/h9-11H,4-8,13H2,1-3H3;1H. The summed E-state index contributed by atoms with van der Waals surface area (Å²) >= 11 is 0. The average molecular weight is 249 g/mol. The van der Waals surface area contributed by atoms with Gasteiger partial charge in [0.1, 0.15) is 0 Å². The molecule has 2 N–H and O–H groups in total. The number of rotatable bonds is 2. The van der Waals surface area contributed by atoms with Gasteiger partial charge in [-0.25, -0.2) is 0 Å². The van der Waals surface area contributed by atoms with Gasteiger partial charge in [0, 0.05) is 18.6 Å². The summed E-state index contributed by atoms with van der Waals surface area (Å²) in [4.78, 5) is 14.2. The van der Waals surface area contributed by atoms with Crippen molar-refractivity contribution in [1.29, 1.82) is 0 Å². The van der Waals surface area contributed by atoms with Crippen LogP contribution in [-0.2, 0) is 4.79 Å². The fourth-order valence-corrected chi connectivity index (χ4v) is 2.09. The number of halogens is 1. The zero-order chi connectivity index (χ0) is 11.4. The maximum absolute atomic E-state index is 12.1. The van der Waals surface area contributed by atoms with Gasteiger partial charge in [-0.2, -0.15) is 0 Å². The Hall–Kier alpha value is -0.280. The maximum Gasteiger partial charge on any atom is 0.227 e. The fraction of sp³-hybridized carbons (Fsp3) is 0.917. The highest BCUT2D eigenvalue weighted by atomic mass is 35.5. The van der Waals surface area contributed by atoms with Crippen LogP contribution in [0.2, 0.25) is 0 Å². The summed E-state index contributed by atoms with van der Waals surface area (Å²) < 4.78 is 0. The lowest BCUT2D eigenvalue weighted by Gasteiger charge is -2.31. The predicted octanol–water partition coefficient (Wildman–Crippen LogP) is 2.18. The summed E-state index contributed by atoms with van der Waals surface area (Å²) in [5.74, 6) is 0.185. The smallest absolute Gasteiger partial charge is 0.227 e. The lowest BCUT2D eigenvalue weighted by molar-refractivity contribution is -0.137. The molecule has 4 heteroatoms. The number of carbonyl (C=O) groups is 1. The average Bonchev–Trinajstić information content (AvgIpc) is 2.40. The van der Waals surface area contributed by atoms with E-state index < -0.39 is 0 Å². The molecule has 0 spiro atoms. The highest BCUT2D eigenvalue weighted by Gasteiger charge is 2.27. The van der Waals surface area contributed by atoms with Crippen molar-refractivity contribution < 1.29 is 4.79 Å². The van der Waals surface area contributed by atoms with Crippen molar-refractivity contribution in [1.82, 2.24) is 4.90 Å². The number of amides is 1. The van der Waals surface area contributed by atoms with Crippen molar-refractivity contribution in [2.75, 3.05) is 6.54 Å². The minimum absolute atomic E-state index is 0. The predicted molar refractivity (Wildman–Crippen MR) is 69.7 cm³/mol. The van der Waals surface area contributed by atoms with Crippen molar-refractivity contribution in [3.05, 3.63) is 0 Å². The molecule has 0 aromatic rings. The number of nitrogens with zero attached hydrogens (tertiary/aromatic N) is 1. The van der Waals surface area contributed by atoms with E-state index in [1.54, 1.807) is 0 Å². The Morgan fingerprint density at radius 2 is 1.94 bits per heavy atom. The maximum atomic E-state index is 12.1. The molecule has 1 aliphatic heterocycles. The Morgan fingerprint density at radius 3 is 2.50 bits per heavy atom. The van der Waals surface area contributed by atoms with E-state index in [9.17, 15) is 4.79 Å². The largest absolute Gasteiger partial charge is 0.340 e. The molecular weight excluding hydrogens is 224 g/mol. The first-order valence-corrected chi connectivity index (χ1v) is 6.10. The van der Waals surface area contributed by atoms with E-state index in [0.717, 1.165) is 19.4 Å². The highest BCUT2D eigenvalue weighted by molar-refractivity contribution is 5.85. The molecule has 1 fully saturated rings. The molecule has 1 aliphatic rings. The quantitative estimate of drug-likeness (QED) is 0.814. The van der Waals surface area contributed by atoms with Crippen LogP contribution in [0.5, 0.6) is 0 Å². The van der Waals surface area contributed by atoms with Gasteiger partial charge in [-0.3, -0.25) is 4.79 Å². The number of hydrogen-bond donors (Lipinski definition) is 1. The molecule has 0 saturated carbocycles. The minimum atomic E-state index is -0.0504. The van der Waals surface area contributed by atoms with Gasteiger partial charge in [-0.1, -0.05) is 19.8 Å². The molecule has 0 aromatic heterocycles. The summed E-state index contributed by atoms with van der Waals surface area (Å²) in [5.41, 5.74) is 5.78. The Balaban J connectivity index is 0.00000225. The molecular formula is C12H25ClN2O.